The van der Waals surface area contributed by atoms with Crippen LogP contribution in [-0.2, 0) is 21.2 Å². The highest BCUT2D eigenvalue weighted by Crippen LogP contribution is 2.28. The molecule has 23 heavy (non-hydrogen) atoms. The first-order valence-corrected chi connectivity index (χ1v) is 8.82. The predicted molar refractivity (Wildman–Crippen MR) is 89.0 cm³/mol. The number of ether oxygens (including phenoxy) is 1. The van der Waals surface area contributed by atoms with Crippen LogP contribution in [0.4, 0.5) is 0 Å². The Bertz CT molecular complexity index is 659. The lowest BCUT2D eigenvalue weighted by molar-refractivity contribution is -0.121. The number of nitrogens with zero attached hydrogens (tertiary/aromatic N) is 1. The van der Waals surface area contributed by atoms with Crippen molar-refractivity contribution in [2.45, 2.75) is 25.2 Å². The molecule has 7 nitrogen and oxygen atoms in total. The number of nitrogens with one attached hydrogen (secondary N) is 1. The second-order valence-corrected chi connectivity index (χ2v) is 7.17. The van der Waals surface area contributed by atoms with Crippen LogP contribution in [0.1, 0.15) is 18.1 Å². The lowest BCUT2D eigenvalue weighted by Gasteiger charge is -2.21. The third-order valence-electron chi connectivity index (χ3n) is 3.44. The maximum Gasteiger partial charge on any atom is 0.243 e. The van der Waals surface area contributed by atoms with E-state index in [1.807, 2.05) is 6.92 Å². The molecule has 3 N–H and O–H groups in total. The number of carbonyl (C=O) groups excluding carboxylic acids is 1. The van der Waals surface area contributed by atoms with Crippen LogP contribution in [0.2, 0.25) is 0 Å². The molecule has 0 saturated heterocycles. The van der Waals surface area contributed by atoms with Crippen molar-refractivity contribution >= 4 is 15.9 Å². The lowest BCUT2D eigenvalue weighted by atomic mass is 10.1. The molecular formula is C15H25N3O4S. The molecule has 1 rings (SSSR count). The van der Waals surface area contributed by atoms with E-state index in [0.717, 1.165) is 4.31 Å². The smallest absolute Gasteiger partial charge is 0.243 e. The molecule has 0 aliphatic rings. The normalized spacial score (nSPS) is 11.6. The summed E-state index contributed by atoms with van der Waals surface area (Å²) < 4.78 is 31.9. The number of sulfonamides is 1. The molecule has 0 heterocycles. The van der Waals surface area contributed by atoms with Gasteiger partial charge in [-0.1, -0.05) is 6.92 Å². The van der Waals surface area contributed by atoms with Crippen LogP contribution in [0.5, 0.6) is 5.75 Å². The molecule has 0 bridgehead atoms. The van der Waals surface area contributed by atoms with E-state index in [0.29, 0.717) is 36.4 Å². The van der Waals surface area contributed by atoms with E-state index in [9.17, 15) is 13.2 Å². The van der Waals surface area contributed by atoms with Crippen LogP contribution in [-0.4, -0.2) is 52.4 Å². The summed E-state index contributed by atoms with van der Waals surface area (Å²) in [4.78, 5) is 12.0. The van der Waals surface area contributed by atoms with Crippen molar-refractivity contribution in [1.82, 2.24) is 9.62 Å². The van der Waals surface area contributed by atoms with Crippen molar-refractivity contribution in [3.8, 4) is 5.75 Å². The number of hydrogen-bond donors (Lipinski definition) is 2. The molecule has 1 aromatic rings. The average molecular weight is 343 g/mol. The Labute approximate surface area is 137 Å². The van der Waals surface area contributed by atoms with Gasteiger partial charge >= 0.3 is 0 Å². The maximum absolute atomic E-state index is 12.8. The number of nitrogens with two attached hydrogens (primary N) is 1. The molecule has 0 spiro atoms. The van der Waals surface area contributed by atoms with Crippen molar-refractivity contribution in [2.24, 2.45) is 5.73 Å². The Morgan fingerprint density at radius 1 is 1.39 bits per heavy atom. The van der Waals surface area contributed by atoms with Gasteiger partial charge in [0, 0.05) is 20.1 Å². The van der Waals surface area contributed by atoms with Gasteiger partial charge in [-0.05, 0) is 36.6 Å². The van der Waals surface area contributed by atoms with Crippen LogP contribution < -0.4 is 15.8 Å². The molecular weight excluding hydrogens is 318 g/mol. The fourth-order valence-electron chi connectivity index (χ4n) is 2.27. The fraction of sp³-hybridized carbons (Fsp3) is 0.533. The van der Waals surface area contributed by atoms with Crippen molar-refractivity contribution < 1.29 is 17.9 Å². The van der Waals surface area contributed by atoms with Crippen LogP contribution in [0.25, 0.3) is 0 Å². The second-order valence-electron chi connectivity index (χ2n) is 5.19. The molecule has 0 aliphatic carbocycles. The van der Waals surface area contributed by atoms with Gasteiger partial charge in [-0.25, -0.2) is 8.42 Å². The largest absolute Gasteiger partial charge is 0.497 e. The van der Waals surface area contributed by atoms with Crippen LogP contribution in [0, 0.1) is 6.92 Å². The summed E-state index contributed by atoms with van der Waals surface area (Å²) >= 11 is 0. The number of methoxy groups -OCH3 is 1. The number of hydrogen-bond acceptors (Lipinski definition) is 5. The number of aryl methyl sites for hydroxylation is 2. The molecule has 0 unspecified atom stereocenters. The molecule has 8 heteroatoms. The highest BCUT2D eigenvalue weighted by Gasteiger charge is 2.27. The molecule has 0 saturated carbocycles. The van der Waals surface area contributed by atoms with Crippen LogP contribution in [0.15, 0.2) is 17.0 Å². The Balaban J connectivity index is 3.15. The first-order chi connectivity index (χ1) is 10.8. The van der Waals surface area contributed by atoms with Crippen LogP contribution in [0.3, 0.4) is 0 Å². The van der Waals surface area contributed by atoms with Gasteiger partial charge in [-0.2, -0.15) is 4.31 Å². The summed E-state index contributed by atoms with van der Waals surface area (Å²) in [7, 11) is -0.844. The van der Waals surface area contributed by atoms with Crippen molar-refractivity contribution in [2.75, 3.05) is 33.8 Å². The van der Waals surface area contributed by atoms with Gasteiger partial charge < -0.3 is 15.8 Å². The Kier molecular flexibility index (Phi) is 6.99. The summed E-state index contributed by atoms with van der Waals surface area (Å²) in [5.41, 5.74) is 6.57. The molecule has 130 valence electrons. The molecule has 0 aliphatic heterocycles. The van der Waals surface area contributed by atoms with E-state index in [-0.39, 0.29) is 17.3 Å². The molecule has 0 aromatic heterocycles. The lowest BCUT2D eigenvalue weighted by Crippen LogP contribution is -2.40. The van der Waals surface area contributed by atoms with E-state index in [4.69, 9.17) is 10.5 Å². The topological polar surface area (TPSA) is 102 Å². The standard InChI is InChI=1S/C15H25N3O4S/c1-5-12-9-13(22-4)8-11(2)15(12)23(20,21)18(3)10-14(19)17-7-6-16/h8-9H,5-7,10,16H2,1-4H3,(H,17,19). The summed E-state index contributed by atoms with van der Waals surface area (Å²) in [5.74, 6) is 0.229. The Morgan fingerprint density at radius 2 is 2.04 bits per heavy atom. The minimum Gasteiger partial charge on any atom is -0.497 e. The highest BCUT2D eigenvalue weighted by atomic mass is 32.2. The zero-order valence-corrected chi connectivity index (χ0v) is 14.9. The van der Waals surface area contributed by atoms with Gasteiger partial charge in [-0.15, -0.1) is 0 Å². The van der Waals surface area contributed by atoms with Gasteiger partial charge in [0.15, 0.2) is 0 Å². The highest BCUT2D eigenvalue weighted by molar-refractivity contribution is 7.89. The maximum atomic E-state index is 12.8. The molecule has 0 atom stereocenters. The van der Waals surface area contributed by atoms with Crippen LogP contribution >= 0.6 is 0 Å². The molecule has 1 amide bonds. The predicted octanol–water partition coefficient (Wildman–Crippen LogP) is 0.261. The van der Waals surface area contributed by atoms with Crippen molar-refractivity contribution in [3.05, 3.63) is 23.3 Å². The van der Waals surface area contributed by atoms with Gasteiger partial charge in [0.25, 0.3) is 0 Å². The van der Waals surface area contributed by atoms with E-state index in [1.165, 1.54) is 14.2 Å². The number of likely N-dealkylation sites (N-methyl/N-ethyl adjacent to an activating group) is 1. The Morgan fingerprint density at radius 3 is 2.57 bits per heavy atom. The first kappa shape index (κ1) is 19.4. The zero-order valence-electron chi connectivity index (χ0n) is 14.0. The molecule has 1 aromatic carbocycles. The Hall–Kier alpha value is -1.64. The fourth-order valence-corrected chi connectivity index (χ4v) is 3.87. The number of amides is 1. The minimum absolute atomic E-state index is 0.231. The summed E-state index contributed by atoms with van der Waals surface area (Å²) in [6.45, 7) is 3.96. The summed E-state index contributed by atoms with van der Waals surface area (Å²) in [5, 5.41) is 2.56. The second kappa shape index (κ2) is 8.28. The zero-order chi connectivity index (χ0) is 17.6. The van der Waals surface area contributed by atoms with Crippen molar-refractivity contribution in [3.63, 3.8) is 0 Å². The van der Waals surface area contributed by atoms with Gasteiger partial charge in [0.1, 0.15) is 5.75 Å². The minimum atomic E-state index is -3.77. The number of carbonyl (C=O) groups is 1. The van der Waals surface area contributed by atoms with E-state index in [2.05, 4.69) is 5.32 Å². The van der Waals surface area contributed by atoms with Gasteiger partial charge in [0.2, 0.25) is 15.9 Å². The number of rotatable bonds is 8. The molecule has 0 radical (unpaired) electrons. The van der Waals surface area contributed by atoms with Crippen molar-refractivity contribution in [1.29, 1.82) is 0 Å². The first-order valence-electron chi connectivity index (χ1n) is 7.38. The van der Waals surface area contributed by atoms with E-state index < -0.39 is 10.0 Å². The molecule has 0 fully saturated rings. The third kappa shape index (κ3) is 4.66. The van der Waals surface area contributed by atoms with Gasteiger partial charge in [0.05, 0.1) is 18.6 Å². The average Bonchev–Trinajstić information content (AvgIpc) is 2.51. The summed E-state index contributed by atoms with van der Waals surface area (Å²) in [6, 6.07) is 3.39. The number of benzene rings is 1. The van der Waals surface area contributed by atoms with E-state index >= 15 is 0 Å². The van der Waals surface area contributed by atoms with E-state index in [1.54, 1.807) is 19.1 Å². The van der Waals surface area contributed by atoms with Gasteiger partial charge in [-0.3, -0.25) is 4.79 Å². The monoisotopic (exact) mass is 343 g/mol. The quantitative estimate of drug-likeness (QED) is 0.705. The third-order valence-corrected chi connectivity index (χ3v) is 5.49. The SMILES string of the molecule is CCc1cc(OC)cc(C)c1S(=O)(=O)N(C)CC(=O)NCCN. The summed E-state index contributed by atoms with van der Waals surface area (Å²) in [6.07, 6.45) is 0.541.